The molecule has 25 heavy (non-hydrogen) atoms. The summed E-state index contributed by atoms with van der Waals surface area (Å²) in [5.41, 5.74) is 1.64. The average Bonchev–Trinajstić information content (AvgIpc) is 2.57. The molecular weight excluding hydrogens is 342 g/mol. The van der Waals surface area contributed by atoms with E-state index in [1.807, 2.05) is 30.3 Å². The van der Waals surface area contributed by atoms with Crippen molar-refractivity contribution in [2.45, 2.75) is 12.3 Å². The predicted octanol–water partition coefficient (Wildman–Crippen LogP) is 1.70. The zero-order chi connectivity index (χ0) is 18.3. The third kappa shape index (κ3) is 6.76. The summed E-state index contributed by atoms with van der Waals surface area (Å²) in [4.78, 5) is 23.7. The first-order chi connectivity index (χ1) is 11.8. The fourth-order valence-electron chi connectivity index (χ4n) is 2.15. The van der Waals surface area contributed by atoms with Crippen LogP contribution in [0.25, 0.3) is 0 Å². The molecule has 0 saturated heterocycles. The van der Waals surface area contributed by atoms with Crippen molar-refractivity contribution in [2.24, 2.45) is 0 Å². The maximum absolute atomic E-state index is 12.0. The van der Waals surface area contributed by atoms with Gasteiger partial charge in [-0.15, -0.1) is 0 Å². The van der Waals surface area contributed by atoms with E-state index in [2.05, 4.69) is 5.32 Å². The lowest BCUT2D eigenvalue weighted by Gasteiger charge is -2.07. The third-order valence-electron chi connectivity index (χ3n) is 3.26. The van der Waals surface area contributed by atoms with Crippen LogP contribution in [0.4, 0.5) is 0 Å². The van der Waals surface area contributed by atoms with E-state index in [0.29, 0.717) is 12.1 Å². The maximum atomic E-state index is 12.0. The molecule has 0 atom stereocenters. The van der Waals surface area contributed by atoms with E-state index < -0.39 is 28.3 Å². The summed E-state index contributed by atoms with van der Waals surface area (Å²) in [6.45, 7) is -0.0525. The molecule has 0 fully saturated rings. The lowest BCUT2D eigenvalue weighted by atomic mass is 10.1. The molecule has 0 aromatic heterocycles. The topological polar surface area (TPSA) is 89.5 Å². The van der Waals surface area contributed by atoms with Crippen molar-refractivity contribution in [2.75, 3.05) is 12.9 Å². The van der Waals surface area contributed by atoms with Gasteiger partial charge in [-0.1, -0.05) is 42.5 Å². The van der Waals surface area contributed by atoms with Crippen LogP contribution in [-0.4, -0.2) is 33.2 Å². The smallest absolute Gasteiger partial charge is 0.338 e. The van der Waals surface area contributed by atoms with Crippen LogP contribution in [0, 0.1) is 0 Å². The highest BCUT2D eigenvalue weighted by Gasteiger charge is 2.12. The number of ether oxygens (including phenoxy) is 1. The van der Waals surface area contributed by atoms with Gasteiger partial charge in [-0.25, -0.2) is 13.2 Å². The molecular formula is C18H19NO5S. The standard InChI is InChI=1S/C18H19NO5S/c1-25(22,23)13-15-8-5-9-16(10-15)18(21)24-12-17(20)19-11-14-6-3-2-4-7-14/h2-10H,11-13H2,1H3,(H,19,20). The Balaban J connectivity index is 1.85. The lowest BCUT2D eigenvalue weighted by Crippen LogP contribution is -2.28. The summed E-state index contributed by atoms with van der Waals surface area (Å²) < 4.78 is 27.6. The summed E-state index contributed by atoms with van der Waals surface area (Å²) in [7, 11) is -3.20. The number of hydrogen-bond donors (Lipinski definition) is 1. The molecule has 132 valence electrons. The number of hydrogen-bond acceptors (Lipinski definition) is 5. The largest absolute Gasteiger partial charge is 0.452 e. The Morgan fingerprint density at radius 2 is 1.68 bits per heavy atom. The van der Waals surface area contributed by atoms with Crippen LogP contribution in [-0.2, 0) is 31.7 Å². The van der Waals surface area contributed by atoms with E-state index >= 15 is 0 Å². The molecule has 0 saturated carbocycles. The summed E-state index contributed by atoms with van der Waals surface area (Å²) in [5, 5.41) is 2.65. The molecule has 1 N–H and O–H groups in total. The molecule has 2 aromatic carbocycles. The second-order valence-electron chi connectivity index (χ2n) is 5.61. The molecule has 2 aromatic rings. The van der Waals surface area contributed by atoms with Gasteiger partial charge in [0.05, 0.1) is 11.3 Å². The van der Waals surface area contributed by atoms with E-state index in [1.165, 1.54) is 12.1 Å². The van der Waals surface area contributed by atoms with E-state index in [1.54, 1.807) is 12.1 Å². The number of sulfone groups is 1. The minimum Gasteiger partial charge on any atom is -0.452 e. The van der Waals surface area contributed by atoms with Gasteiger partial charge >= 0.3 is 5.97 Å². The summed E-state index contributed by atoms with van der Waals surface area (Å²) >= 11 is 0. The van der Waals surface area contributed by atoms with Gasteiger partial charge in [0.1, 0.15) is 0 Å². The normalized spacial score (nSPS) is 10.9. The molecule has 6 nitrogen and oxygen atoms in total. The maximum Gasteiger partial charge on any atom is 0.338 e. The van der Waals surface area contributed by atoms with Crippen LogP contribution in [0.5, 0.6) is 0 Å². The molecule has 0 aliphatic rings. The van der Waals surface area contributed by atoms with Crippen molar-refractivity contribution in [3.05, 3.63) is 71.3 Å². The Kier molecular flexibility index (Phi) is 6.30. The predicted molar refractivity (Wildman–Crippen MR) is 93.6 cm³/mol. The molecule has 0 bridgehead atoms. The van der Waals surface area contributed by atoms with Crippen LogP contribution in [0.15, 0.2) is 54.6 Å². The van der Waals surface area contributed by atoms with Crippen molar-refractivity contribution in [3.8, 4) is 0 Å². The van der Waals surface area contributed by atoms with Gasteiger partial charge in [-0.2, -0.15) is 0 Å². The summed E-state index contributed by atoms with van der Waals surface area (Å²) in [6, 6.07) is 15.5. The average molecular weight is 361 g/mol. The van der Waals surface area contributed by atoms with Crippen molar-refractivity contribution in [3.63, 3.8) is 0 Å². The van der Waals surface area contributed by atoms with Gasteiger partial charge in [-0.3, -0.25) is 4.79 Å². The minimum atomic E-state index is -3.20. The summed E-state index contributed by atoms with van der Waals surface area (Å²) in [6.07, 6.45) is 1.12. The Labute approximate surface area is 146 Å². The van der Waals surface area contributed by atoms with Gasteiger partial charge < -0.3 is 10.1 Å². The van der Waals surface area contributed by atoms with Gasteiger partial charge in [-0.05, 0) is 23.3 Å². The van der Waals surface area contributed by atoms with Crippen LogP contribution < -0.4 is 5.32 Å². The van der Waals surface area contributed by atoms with Gasteiger partial charge in [0, 0.05) is 12.8 Å². The van der Waals surface area contributed by atoms with Crippen LogP contribution in [0.1, 0.15) is 21.5 Å². The number of amides is 1. The van der Waals surface area contributed by atoms with Gasteiger partial charge in [0.2, 0.25) is 0 Å². The molecule has 0 heterocycles. The van der Waals surface area contributed by atoms with Crippen molar-refractivity contribution in [1.29, 1.82) is 0 Å². The van der Waals surface area contributed by atoms with Crippen molar-refractivity contribution in [1.82, 2.24) is 5.32 Å². The molecule has 0 aliphatic carbocycles. The molecule has 0 spiro atoms. The number of carbonyl (C=O) groups is 2. The first kappa shape index (κ1) is 18.7. The zero-order valence-electron chi connectivity index (χ0n) is 13.8. The first-order valence-electron chi connectivity index (χ1n) is 7.58. The monoisotopic (exact) mass is 361 g/mol. The van der Waals surface area contributed by atoms with Gasteiger partial charge in [0.15, 0.2) is 16.4 Å². The number of benzene rings is 2. The molecule has 0 aliphatic heterocycles. The quantitative estimate of drug-likeness (QED) is 0.758. The molecule has 1 amide bonds. The van der Waals surface area contributed by atoms with E-state index in [0.717, 1.165) is 11.8 Å². The third-order valence-corrected chi connectivity index (χ3v) is 4.12. The van der Waals surface area contributed by atoms with Gasteiger partial charge in [0.25, 0.3) is 5.91 Å². The Bertz CT molecular complexity index is 847. The van der Waals surface area contributed by atoms with Crippen LogP contribution in [0.3, 0.4) is 0 Å². The van der Waals surface area contributed by atoms with E-state index in [4.69, 9.17) is 4.74 Å². The summed E-state index contributed by atoms with van der Waals surface area (Å²) in [5.74, 6) is -1.25. The zero-order valence-corrected chi connectivity index (χ0v) is 14.6. The highest BCUT2D eigenvalue weighted by atomic mass is 32.2. The van der Waals surface area contributed by atoms with Crippen LogP contribution in [0.2, 0.25) is 0 Å². The second kappa shape index (κ2) is 8.43. The van der Waals surface area contributed by atoms with Crippen molar-refractivity contribution >= 4 is 21.7 Å². The molecule has 7 heteroatoms. The highest BCUT2D eigenvalue weighted by molar-refractivity contribution is 7.89. The van der Waals surface area contributed by atoms with Crippen LogP contribution >= 0.6 is 0 Å². The Hall–Kier alpha value is -2.67. The molecule has 0 radical (unpaired) electrons. The number of nitrogens with one attached hydrogen (secondary N) is 1. The molecule has 2 rings (SSSR count). The van der Waals surface area contributed by atoms with Crippen molar-refractivity contribution < 1.29 is 22.7 Å². The first-order valence-corrected chi connectivity index (χ1v) is 9.64. The highest BCUT2D eigenvalue weighted by Crippen LogP contribution is 2.10. The Morgan fingerprint density at radius 3 is 2.36 bits per heavy atom. The van der Waals surface area contributed by atoms with E-state index in [-0.39, 0.29) is 11.3 Å². The molecule has 0 unspecified atom stereocenters. The minimum absolute atomic E-state index is 0.161. The number of esters is 1. The number of rotatable bonds is 7. The van der Waals surface area contributed by atoms with E-state index in [9.17, 15) is 18.0 Å². The SMILES string of the molecule is CS(=O)(=O)Cc1cccc(C(=O)OCC(=O)NCc2ccccc2)c1. The fourth-order valence-corrected chi connectivity index (χ4v) is 2.94. The Morgan fingerprint density at radius 1 is 1.00 bits per heavy atom. The lowest BCUT2D eigenvalue weighted by molar-refractivity contribution is -0.124. The number of carbonyl (C=O) groups excluding carboxylic acids is 2. The second-order valence-corrected chi connectivity index (χ2v) is 7.75. The fraction of sp³-hybridized carbons (Fsp3) is 0.222.